The number of hydrazone groups is 1. The number of esters is 1. The topological polar surface area (TPSA) is 86.2 Å². The fourth-order valence-corrected chi connectivity index (χ4v) is 2.72. The number of benzene rings is 3. The zero-order valence-electron chi connectivity index (χ0n) is 17.6. The number of hydrogen-bond donors (Lipinski definition) is 1. The van der Waals surface area contributed by atoms with Crippen molar-refractivity contribution in [1.29, 1.82) is 0 Å². The van der Waals surface area contributed by atoms with Crippen LogP contribution in [0.2, 0.25) is 5.02 Å². The Morgan fingerprint density at radius 3 is 2.42 bits per heavy atom. The van der Waals surface area contributed by atoms with Crippen LogP contribution in [0.3, 0.4) is 0 Å². The molecule has 3 aromatic rings. The molecule has 0 unspecified atom stereocenters. The molecule has 3 aromatic carbocycles. The van der Waals surface area contributed by atoms with Crippen LogP contribution >= 0.6 is 11.6 Å². The summed E-state index contributed by atoms with van der Waals surface area (Å²) in [5.41, 5.74) is 3.28. The Labute approximate surface area is 194 Å². The number of nitrogens with zero attached hydrogens (tertiary/aromatic N) is 1. The van der Waals surface area contributed by atoms with Crippen molar-refractivity contribution in [3.05, 3.63) is 88.7 Å². The quantitative estimate of drug-likeness (QED) is 0.213. The molecule has 0 aliphatic heterocycles. The molecule has 0 radical (unpaired) electrons. The van der Waals surface area contributed by atoms with Gasteiger partial charge in [-0.1, -0.05) is 11.6 Å². The van der Waals surface area contributed by atoms with Gasteiger partial charge in [0.25, 0.3) is 5.91 Å². The van der Waals surface area contributed by atoms with Crippen LogP contribution in [0.1, 0.15) is 22.8 Å². The second-order valence-corrected chi connectivity index (χ2v) is 7.01. The highest BCUT2D eigenvalue weighted by atomic mass is 35.5. The van der Waals surface area contributed by atoms with E-state index in [4.69, 9.17) is 25.8 Å². The molecule has 0 bridgehead atoms. The van der Waals surface area contributed by atoms with Gasteiger partial charge in [0.2, 0.25) is 0 Å². The van der Waals surface area contributed by atoms with Crippen molar-refractivity contribution >= 4 is 29.7 Å². The van der Waals surface area contributed by atoms with E-state index in [-0.39, 0.29) is 12.4 Å². The highest BCUT2D eigenvalue weighted by molar-refractivity contribution is 6.30. The summed E-state index contributed by atoms with van der Waals surface area (Å²) in [5, 5.41) is 4.39. The first-order valence-corrected chi connectivity index (χ1v) is 10.3. The lowest BCUT2D eigenvalue weighted by Gasteiger charge is -2.11. The van der Waals surface area contributed by atoms with Gasteiger partial charge in [-0.05, 0) is 79.2 Å². The predicted molar refractivity (Wildman–Crippen MR) is 122 cm³/mol. The van der Waals surface area contributed by atoms with Crippen molar-refractivity contribution in [3.8, 4) is 17.2 Å². The summed E-state index contributed by atoms with van der Waals surface area (Å²) in [6.45, 7) is 1.86. The minimum absolute atomic E-state index is 0.241. The van der Waals surface area contributed by atoms with Gasteiger partial charge in [-0.15, -0.1) is 0 Å². The van der Waals surface area contributed by atoms with Crippen LogP contribution in [-0.4, -0.2) is 31.3 Å². The fourth-order valence-electron chi connectivity index (χ4n) is 2.59. The number of amides is 1. The zero-order valence-corrected chi connectivity index (χ0v) is 18.3. The minimum atomic E-state index is -0.553. The minimum Gasteiger partial charge on any atom is -0.490 e. The van der Waals surface area contributed by atoms with Gasteiger partial charge in [0.05, 0.1) is 18.4 Å². The van der Waals surface area contributed by atoms with E-state index in [1.165, 1.54) is 30.5 Å². The van der Waals surface area contributed by atoms with Crippen LogP contribution in [0.25, 0.3) is 0 Å². The summed E-state index contributed by atoms with van der Waals surface area (Å²) in [5.74, 6) is -0.494. The van der Waals surface area contributed by atoms with Crippen molar-refractivity contribution in [2.75, 3.05) is 13.2 Å². The van der Waals surface area contributed by atoms with E-state index in [1.807, 2.05) is 0 Å². The third kappa shape index (κ3) is 7.33. The SMILES string of the molecule is CCOc1cc(/C=N/NC(=O)COc2ccc(F)cc2)ccc1OC(=O)c1ccc(Cl)cc1. The first-order chi connectivity index (χ1) is 15.9. The Morgan fingerprint density at radius 2 is 1.73 bits per heavy atom. The molecule has 0 heterocycles. The van der Waals surface area contributed by atoms with E-state index in [0.29, 0.717) is 34.3 Å². The zero-order chi connectivity index (χ0) is 23.6. The van der Waals surface area contributed by atoms with Crippen LogP contribution in [0.15, 0.2) is 71.8 Å². The molecule has 0 fully saturated rings. The maximum absolute atomic E-state index is 12.9. The van der Waals surface area contributed by atoms with Gasteiger partial charge in [-0.2, -0.15) is 5.10 Å². The maximum Gasteiger partial charge on any atom is 0.343 e. The van der Waals surface area contributed by atoms with Crippen molar-refractivity contribution < 1.29 is 28.2 Å². The van der Waals surface area contributed by atoms with Crippen LogP contribution in [0, 0.1) is 5.82 Å². The van der Waals surface area contributed by atoms with E-state index in [9.17, 15) is 14.0 Å². The van der Waals surface area contributed by atoms with Crippen LogP contribution < -0.4 is 19.6 Å². The molecule has 0 aliphatic rings. The molecule has 1 amide bonds. The number of ether oxygens (including phenoxy) is 3. The average molecular weight is 471 g/mol. The van der Waals surface area contributed by atoms with Crippen molar-refractivity contribution in [2.24, 2.45) is 5.10 Å². The maximum atomic E-state index is 12.9. The summed E-state index contributed by atoms with van der Waals surface area (Å²) < 4.78 is 29.1. The number of carbonyl (C=O) groups excluding carboxylic acids is 2. The smallest absolute Gasteiger partial charge is 0.343 e. The largest absolute Gasteiger partial charge is 0.490 e. The fraction of sp³-hybridized carbons (Fsp3) is 0.125. The van der Waals surface area contributed by atoms with Gasteiger partial charge in [-0.25, -0.2) is 14.6 Å². The van der Waals surface area contributed by atoms with E-state index in [1.54, 1.807) is 49.4 Å². The Morgan fingerprint density at radius 1 is 1.00 bits per heavy atom. The number of nitrogens with one attached hydrogen (secondary N) is 1. The molecule has 7 nitrogen and oxygen atoms in total. The van der Waals surface area contributed by atoms with Gasteiger partial charge in [-0.3, -0.25) is 4.79 Å². The molecule has 0 spiro atoms. The van der Waals surface area contributed by atoms with Crippen LogP contribution in [0.4, 0.5) is 4.39 Å². The summed E-state index contributed by atoms with van der Waals surface area (Å²) >= 11 is 5.84. The first-order valence-electron chi connectivity index (χ1n) is 9.89. The molecule has 0 saturated heterocycles. The van der Waals surface area contributed by atoms with E-state index in [0.717, 1.165) is 0 Å². The van der Waals surface area contributed by atoms with Crippen molar-refractivity contribution in [2.45, 2.75) is 6.92 Å². The van der Waals surface area contributed by atoms with Crippen molar-refractivity contribution in [1.82, 2.24) is 5.43 Å². The molecule has 9 heteroatoms. The highest BCUT2D eigenvalue weighted by Gasteiger charge is 2.13. The van der Waals surface area contributed by atoms with Gasteiger partial charge < -0.3 is 14.2 Å². The molecule has 0 atom stereocenters. The molecular formula is C24H20ClFN2O5. The molecule has 0 aliphatic carbocycles. The lowest BCUT2D eigenvalue weighted by Crippen LogP contribution is -2.24. The molecule has 0 saturated carbocycles. The third-order valence-electron chi connectivity index (χ3n) is 4.14. The predicted octanol–water partition coefficient (Wildman–Crippen LogP) is 4.63. The molecule has 33 heavy (non-hydrogen) atoms. The van der Waals surface area contributed by atoms with Gasteiger partial charge in [0.15, 0.2) is 18.1 Å². The average Bonchev–Trinajstić information content (AvgIpc) is 2.81. The summed E-state index contributed by atoms with van der Waals surface area (Å²) in [7, 11) is 0. The van der Waals surface area contributed by atoms with Crippen LogP contribution in [0.5, 0.6) is 17.2 Å². The lowest BCUT2D eigenvalue weighted by atomic mass is 10.2. The number of hydrogen-bond acceptors (Lipinski definition) is 6. The standard InChI is InChI=1S/C24H20ClFN2O5/c1-2-31-22-13-16(3-12-21(22)33-24(30)17-4-6-18(25)7-5-17)14-27-28-23(29)15-32-20-10-8-19(26)9-11-20/h3-14H,2,15H2,1H3,(H,28,29)/b27-14+. The Balaban J connectivity index is 1.58. The number of halogens is 2. The van der Waals surface area contributed by atoms with E-state index in [2.05, 4.69) is 10.5 Å². The molecule has 3 rings (SSSR count). The molecular weight excluding hydrogens is 451 g/mol. The van der Waals surface area contributed by atoms with E-state index < -0.39 is 17.7 Å². The summed E-state index contributed by atoms with van der Waals surface area (Å²) in [6.07, 6.45) is 1.41. The van der Waals surface area contributed by atoms with Gasteiger partial charge >= 0.3 is 5.97 Å². The summed E-state index contributed by atoms with van der Waals surface area (Å²) in [4.78, 5) is 24.2. The second kappa shape index (κ2) is 11.6. The highest BCUT2D eigenvalue weighted by Crippen LogP contribution is 2.29. The first kappa shape index (κ1) is 23.7. The van der Waals surface area contributed by atoms with Crippen molar-refractivity contribution in [3.63, 3.8) is 0 Å². The Hall–Kier alpha value is -3.91. The Bertz CT molecular complexity index is 1130. The molecule has 1 N–H and O–H groups in total. The van der Waals surface area contributed by atoms with Gasteiger partial charge in [0, 0.05) is 5.02 Å². The van der Waals surface area contributed by atoms with Crippen LogP contribution in [-0.2, 0) is 4.79 Å². The lowest BCUT2D eigenvalue weighted by molar-refractivity contribution is -0.123. The molecule has 170 valence electrons. The van der Waals surface area contributed by atoms with Gasteiger partial charge in [0.1, 0.15) is 11.6 Å². The Kier molecular flexibility index (Phi) is 8.37. The number of carbonyl (C=O) groups is 2. The normalized spacial score (nSPS) is 10.6. The second-order valence-electron chi connectivity index (χ2n) is 6.57. The van der Waals surface area contributed by atoms with E-state index >= 15 is 0 Å². The molecule has 0 aromatic heterocycles. The monoisotopic (exact) mass is 470 g/mol. The third-order valence-corrected chi connectivity index (χ3v) is 4.39. The number of rotatable bonds is 9. The summed E-state index contributed by atoms with van der Waals surface area (Å²) in [6, 6.07) is 16.5.